The van der Waals surface area contributed by atoms with Crippen molar-refractivity contribution in [1.29, 1.82) is 0 Å². The summed E-state index contributed by atoms with van der Waals surface area (Å²) in [6.45, 7) is 5.83. The van der Waals surface area contributed by atoms with Crippen LogP contribution in [0.2, 0.25) is 5.02 Å². The second-order valence-electron chi connectivity index (χ2n) is 10.7. The quantitative estimate of drug-likeness (QED) is 0.419. The molecule has 0 unspecified atom stereocenters. The molecule has 0 fully saturated rings. The minimum absolute atomic E-state index is 0.0699. The molecule has 1 heterocycles. The van der Waals surface area contributed by atoms with Crippen molar-refractivity contribution in [2.24, 2.45) is 0 Å². The van der Waals surface area contributed by atoms with E-state index in [2.05, 4.69) is 10.2 Å². The molecule has 0 saturated heterocycles. The molecule has 7 nitrogen and oxygen atoms in total. The average molecular weight is 563 g/mol. The van der Waals surface area contributed by atoms with Gasteiger partial charge in [0.05, 0.1) is 11.6 Å². The Bertz CT molecular complexity index is 1410. The molecule has 1 amide bonds. The van der Waals surface area contributed by atoms with Crippen LogP contribution in [0.4, 0.5) is 5.69 Å². The molecule has 2 aromatic rings. The average Bonchev–Trinajstić information content (AvgIpc) is 2.91. The van der Waals surface area contributed by atoms with Crippen LogP contribution in [-0.2, 0) is 14.4 Å². The van der Waals surface area contributed by atoms with E-state index in [4.69, 9.17) is 21.1 Å². The fourth-order valence-corrected chi connectivity index (χ4v) is 6.31. The number of carbonyl (C=O) groups is 3. The van der Waals surface area contributed by atoms with E-state index in [0.29, 0.717) is 36.3 Å². The number of amides is 1. The lowest BCUT2D eigenvalue weighted by atomic mass is 9.71. The van der Waals surface area contributed by atoms with Crippen molar-refractivity contribution >= 4 is 34.8 Å². The summed E-state index contributed by atoms with van der Waals surface area (Å²) in [5, 5.41) is 3.15. The highest BCUT2D eigenvalue weighted by Gasteiger charge is 2.42. The van der Waals surface area contributed by atoms with E-state index < -0.39 is 5.92 Å². The summed E-state index contributed by atoms with van der Waals surface area (Å²) < 4.78 is 11.8. The predicted molar refractivity (Wildman–Crippen MR) is 155 cm³/mol. The number of hydrogen-bond donors (Lipinski definition) is 1. The number of aryl methyl sites for hydroxylation is 2. The first kappa shape index (κ1) is 28.0. The molecular weight excluding hydrogens is 528 g/mol. The summed E-state index contributed by atoms with van der Waals surface area (Å²) in [5.74, 6) is -0.0537. The molecule has 0 bridgehead atoms. The van der Waals surface area contributed by atoms with E-state index in [1.165, 1.54) is 0 Å². The maximum Gasteiger partial charge on any atom is 0.262 e. The maximum atomic E-state index is 13.3. The third kappa shape index (κ3) is 5.27. The van der Waals surface area contributed by atoms with Crippen molar-refractivity contribution in [3.05, 3.63) is 74.6 Å². The molecule has 0 atom stereocenters. The number of rotatable bonds is 7. The van der Waals surface area contributed by atoms with E-state index in [0.717, 1.165) is 59.5 Å². The largest absolute Gasteiger partial charge is 0.490 e. The second kappa shape index (κ2) is 11.5. The second-order valence-corrected chi connectivity index (χ2v) is 11.1. The van der Waals surface area contributed by atoms with Crippen LogP contribution in [0.25, 0.3) is 0 Å². The van der Waals surface area contributed by atoms with Gasteiger partial charge in [-0.3, -0.25) is 14.4 Å². The first-order chi connectivity index (χ1) is 19.2. The van der Waals surface area contributed by atoms with Crippen LogP contribution in [0.1, 0.15) is 68.1 Å². The number of Topliss-reactive ketones (excluding diaryl/α,β-unsaturated/α-hetero) is 2. The Balaban J connectivity index is 1.49. The van der Waals surface area contributed by atoms with E-state index in [1.807, 2.05) is 52.1 Å². The summed E-state index contributed by atoms with van der Waals surface area (Å²) in [5.41, 5.74) is 6.79. The number of nitrogens with zero attached hydrogens (tertiary/aromatic N) is 1. The van der Waals surface area contributed by atoms with Gasteiger partial charge in [-0.05, 0) is 81.3 Å². The zero-order valence-electron chi connectivity index (χ0n) is 23.5. The van der Waals surface area contributed by atoms with Crippen LogP contribution in [0.3, 0.4) is 0 Å². The van der Waals surface area contributed by atoms with Crippen LogP contribution in [-0.4, -0.2) is 42.6 Å². The van der Waals surface area contributed by atoms with Gasteiger partial charge in [0.15, 0.2) is 29.7 Å². The topological polar surface area (TPSA) is 84.9 Å². The highest BCUT2D eigenvalue weighted by atomic mass is 35.5. The minimum atomic E-state index is -0.500. The van der Waals surface area contributed by atoms with Crippen LogP contribution in [0.15, 0.2) is 52.9 Å². The Kier molecular flexibility index (Phi) is 8.04. The summed E-state index contributed by atoms with van der Waals surface area (Å²) >= 11 is 6.78. The number of carbonyl (C=O) groups excluding carboxylic acids is 3. The molecule has 0 spiro atoms. The molecule has 3 aliphatic rings. The number of benzene rings is 2. The molecule has 0 aromatic heterocycles. The van der Waals surface area contributed by atoms with Gasteiger partial charge in [0.2, 0.25) is 0 Å². The lowest BCUT2D eigenvalue weighted by Crippen LogP contribution is -2.37. The Labute approximate surface area is 240 Å². The maximum absolute atomic E-state index is 13.3. The monoisotopic (exact) mass is 562 g/mol. The predicted octanol–water partition coefficient (Wildman–Crippen LogP) is 6.42. The van der Waals surface area contributed by atoms with Gasteiger partial charge < -0.3 is 19.7 Å². The number of ether oxygens (including phenoxy) is 2. The van der Waals surface area contributed by atoms with Crippen molar-refractivity contribution in [3.63, 3.8) is 0 Å². The summed E-state index contributed by atoms with van der Waals surface area (Å²) in [7, 11) is 1.97. The molecule has 5 rings (SSSR count). The summed E-state index contributed by atoms with van der Waals surface area (Å²) in [4.78, 5) is 41.5. The highest BCUT2D eigenvalue weighted by molar-refractivity contribution is 6.32. The van der Waals surface area contributed by atoms with E-state index in [-0.39, 0.29) is 34.9 Å². The zero-order valence-corrected chi connectivity index (χ0v) is 24.2. The lowest BCUT2D eigenvalue weighted by molar-refractivity contribution is -0.118. The lowest BCUT2D eigenvalue weighted by Gasteiger charge is -2.42. The van der Waals surface area contributed by atoms with Crippen molar-refractivity contribution in [3.8, 4) is 11.5 Å². The minimum Gasteiger partial charge on any atom is -0.490 e. The van der Waals surface area contributed by atoms with Crippen LogP contribution in [0.5, 0.6) is 11.5 Å². The van der Waals surface area contributed by atoms with Gasteiger partial charge in [0.25, 0.3) is 5.91 Å². The van der Waals surface area contributed by atoms with Gasteiger partial charge >= 0.3 is 0 Å². The van der Waals surface area contributed by atoms with Gasteiger partial charge in [-0.2, -0.15) is 0 Å². The van der Waals surface area contributed by atoms with E-state index >= 15 is 0 Å². The molecule has 2 aromatic carbocycles. The van der Waals surface area contributed by atoms with Crippen molar-refractivity contribution in [1.82, 2.24) is 4.90 Å². The number of anilines is 1. The molecule has 0 radical (unpaired) electrons. The van der Waals surface area contributed by atoms with Crippen molar-refractivity contribution in [2.45, 2.75) is 65.2 Å². The fourth-order valence-electron chi connectivity index (χ4n) is 6.04. The first-order valence-corrected chi connectivity index (χ1v) is 14.3. The van der Waals surface area contributed by atoms with Gasteiger partial charge in [-0.1, -0.05) is 23.7 Å². The number of ketones is 2. The van der Waals surface area contributed by atoms with Gasteiger partial charge in [-0.25, -0.2) is 0 Å². The van der Waals surface area contributed by atoms with Gasteiger partial charge in [0, 0.05) is 54.0 Å². The number of hydrogen-bond acceptors (Lipinski definition) is 6. The van der Waals surface area contributed by atoms with Gasteiger partial charge in [-0.15, -0.1) is 0 Å². The normalized spacial score (nSPS) is 17.6. The smallest absolute Gasteiger partial charge is 0.262 e. The molecule has 1 aliphatic heterocycles. The molecular formula is C32H35ClN2O5. The Hall–Kier alpha value is -3.58. The number of halogens is 1. The summed E-state index contributed by atoms with van der Waals surface area (Å²) in [6, 6.07) is 9.40. The standard InChI is InChI=1S/C32H35ClN2O5/c1-5-39-27-16-20(15-21(33)32(27)40-17-28(38)34-22-14-18(2)12-13-19(22)3)29-30-23(8-6-10-25(30)36)35(4)24-9-7-11-26(37)31(24)29/h12-16,29H,5-11,17H2,1-4H3,(H,34,38). The Morgan fingerprint density at radius 1 is 0.975 bits per heavy atom. The highest BCUT2D eigenvalue weighted by Crippen LogP contribution is 2.50. The zero-order chi connectivity index (χ0) is 28.6. The van der Waals surface area contributed by atoms with Gasteiger partial charge in [0.1, 0.15) is 0 Å². The van der Waals surface area contributed by atoms with Crippen molar-refractivity contribution in [2.75, 3.05) is 25.6 Å². The van der Waals surface area contributed by atoms with Crippen LogP contribution in [0, 0.1) is 13.8 Å². The molecule has 1 N–H and O–H groups in total. The number of nitrogens with one attached hydrogen (secondary N) is 1. The summed E-state index contributed by atoms with van der Waals surface area (Å²) in [6.07, 6.45) is 4.11. The fraction of sp³-hybridized carbons (Fsp3) is 0.406. The van der Waals surface area contributed by atoms with E-state index in [9.17, 15) is 14.4 Å². The third-order valence-corrected chi connectivity index (χ3v) is 8.21. The third-order valence-electron chi connectivity index (χ3n) is 7.92. The molecule has 210 valence electrons. The number of allylic oxidation sites excluding steroid dienone is 4. The van der Waals surface area contributed by atoms with E-state index in [1.54, 1.807) is 6.07 Å². The van der Waals surface area contributed by atoms with Crippen LogP contribution < -0.4 is 14.8 Å². The van der Waals surface area contributed by atoms with Crippen LogP contribution >= 0.6 is 11.6 Å². The molecule has 0 saturated carbocycles. The van der Waals surface area contributed by atoms with Crippen molar-refractivity contribution < 1.29 is 23.9 Å². The SMILES string of the molecule is CCOc1cc(C2C3=C(CCCC3=O)N(C)C3=C2C(=O)CCC3)cc(Cl)c1OCC(=O)Nc1cc(C)ccc1C. The molecule has 8 heteroatoms. The molecule has 40 heavy (non-hydrogen) atoms. The Morgan fingerprint density at radius 3 is 2.25 bits per heavy atom. The first-order valence-electron chi connectivity index (χ1n) is 13.9. The Morgan fingerprint density at radius 2 is 1.62 bits per heavy atom. The molecule has 2 aliphatic carbocycles.